The van der Waals surface area contributed by atoms with Gasteiger partial charge in [0.25, 0.3) is 5.91 Å². The topological polar surface area (TPSA) is 88.2 Å². The van der Waals surface area contributed by atoms with Gasteiger partial charge in [-0.15, -0.1) is 0 Å². The maximum atomic E-state index is 12.1. The maximum Gasteiger partial charge on any atom is 0.254 e. The van der Waals surface area contributed by atoms with Crippen LogP contribution < -0.4 is 11.1 Å². The highest BCUT2D eigenvalue weighted by Gasteiger charge is 2.32. The summed E-state index contributed by atoms with van der Waals surface area (Å²) in [4.78, 5) is 15.9. The van der Waals surface area contributed by atoms with Gasteiger partial charge < -0.3 is 16.2 Å². The van der Waals surface area contributed by atoms with Crippen LogP contribution in [0.4, 0.5) is 5.69 Å². The molecule has 0 aliphatic heterocycles. The molecule has 0 saturated heterocycles. The van der Waals surface area contributed by atoms with E-state index in [2.05, 4.69) is 17.2 Å². The van der Waals surface area contributed by atoms with Gasteiger partial charge in [-0.1, -0.05) is 18.5 Å². The van der Waals surface area contributed by atoms with E-state index < -0.39 is 5.60 Å². The lowest BCUT2D eigenvalue weighted by Gasteiger charge is -2.34. The first kappa shape index (κ1) is 15.1. The van der Waals surface area contributed by atoms with Crippen molar-refractivity contribution in [3.05, 3.63) is 23.0 Å². The van der Waals surface area contributed by atoms with Gasteiger partial charge in [-0.25, -0.2) is 4.98 Å². The molecular weight excluding hydrogens is 278 g/mol. The Morgan fingerprint density at radius 2 is 2.25 bits per heavy atom. The highest BCUT2D eigenvalue weighted by atomic mass is 35.5. The van der Waals surface area contributed by atoms with E-state index in [-0.39, 0.29) is 23.2 Å². The summed E-state index contributed by atoms with van der Waals surface area (Å²) in [6, 6.07) is 1.48. The molecule has 1 fully saturated rings. The smallest absolute Gasteiger partial charge is 0.254 e. The molecule has 1 saturated carbocycles. The van der Waals surface area contributed by atoms with E-state index in [0.717, 1.165) is 12.8 Å². The van der Waals surface area contributed by atoms with Gasteiger partial charge in [-0.3, -0.25) is 4.79 Å². The lowest BCUT2D eigenvalue weighted by molar-refractivity contribution is -0.00540. The third kappa shape index (κ3) is 3.61. The number of anilines is 1. The average molecular weight is 298 g/mol. The molecule has 5 nitrogen and oxygen atoms in total. The van der Waals surface area contributed by atoms with Crippen LogP contribution in [0, 0.1) is 5.92 Å². The van der Waals surface area contributed by atoms with Crippen LogP contribution in [0.1, 0.15) is 43.0 Å². The summed E-state index contributed by atoms with van der Waals surface area (Å²) >= 11 is 5.88. The number of hydrogen-bond acceptors (Lipinski definition) is 4. The predicted molar refractivity (Wildman–Crippen MR) is 78.6 cm³/mol. The Hall–Kier alpha value is -1.33. The van der Waals surface area contributed by atoms with E-state index in [0.29, 0.717) is 24.4 Å². The van der Waals surface area contributed by atoms with Gasteiger partial charge in [-0.2, -0.15) is 0 Å². The molecule has 0 aromatic carbocycles. The Morgan fingerprint density at radius 1 is 1.60 bits per heavy atom. The molecule has 20 heavy (non-hydrogen) atoms. The molecule has 0 spiro atoms. The highest BCUT2D eigenvalue weighted by molar-refractivity contribution is 6.32. The number of carbonyl (C=O) groups is 1. The van der Waals surface area contributed by atoms with Gasteiger partial charge in [0.15, 0.2) is 0 Å². The van der Waals surface area contributed by atoms with E-state index >= 15 is 0 Å². The minimum Gasteiger partial charge on any atom is -0.397 e. The molecule has 6 heteroatoms. The molecule has 1 aromatic heterocycles. The standard InChI is InChI=1S/C14H20ClN3O2/c1-9-2-4-14(20,5-3-9)8-18-13(19)11-6-10(16)7-17-12(11)15/h6-7,9,20H,2-5,8,16H2,1H3,(H,18,19). The second-order valence-electron chi connectivity index (χ2n) is 5.70. The van der Waals surface area contributed by atoms with Crippen LogP contribution >= 0.6 is 11.6 Å². The lowest BCUT2D eigenvalue weighted by atomic mass is 9.79. The fraction of sp³-hybridized carbons (Fsp3) is 0.571. The third-order valence-corrected chi connectivity index (χ3v) is 4.19. The number of carbonyl (C=O) groups excluding carboxylic acids is 1. The molecule has 1 aliphatic rings. The quantitative estimate of drug-likeness (QED) is 0.745. The van der Waals surface area contributed by atoms with Crippen molar-refractivity contribution in [2.75, 3.05) is 12.3 Å². The highest BCUT2D eigenvalue weighted by Crippen LogP contribution is 2.31. The normalized spacial score (nSPS) is 26.2. The van der Waals surface area contributed by atoms with Crippen LogP contribution in [0.3, 0.4) is 0 Å². The zero-order chi connectivity index (χ0) is 14.8. The molecule has 0 radical (unpaired) electrons. The summed E-state index contributed by atoms with van der Waals surface area (Å²) in [5.74, 6) is 0.278. The summed E-state index contributed by atoms with van der Waals surface area (Å²) in [7, 11) is 0. The summed E-state index contributed by atoms with van der Waals surface area (Å²) in [5, 5.41) is 13.3. The number of nitrogens with zero attached hydrogens (tertiary/aromatic N) is 1. The summed E-state index contributed by atoms with van der Waals surface area (Å²) in [5.41, 5.74) is 5.39. The van der Waals surface area contributed by atoms with Crippen molar-refractivity contribution in [3.63, 3.8) is 0 Å². The third-order valence-electron chi connectivity index (χ3n) is 3.89. The van der Waals surface area contributed by atoms with Gasteiger partial charge in [0.05, 0.1) is 23.0 Å². The Labute approximate surface area is 123 Å². The summed E-state index contributed by atoms with van der Waals surface area (Å²) in [6.45, 7) is 2.40. The first-order chi connectivity index (χ1) is 9.39. The number of nitrogens with two attached hydrogens (primary N) is 1. The molecule has 1 aromatic rings. The molecule has 0 unspecified atom stereocenters. The Bertz CT molecular complexity index is 499. The van der Waals surface area contributed by atoms with Gasteiger partial charge in [0, 0.05) is 6.54 Å². The Morgan fingerprint density at radius 3 is 2.90 bits per heavy atom. The van der Waals surface area contributed by atoms with Gasteiger partial charge in [0.2, 0.25) is 0 Å². The van der Waals surface area contributed by atoms with Crippen LogP contribution in [-0.4, -0.2) is 28.1 Å². The second-order valence-corrected chi connectivity index (χ2v) is 6.05. The van der Waals surface area contributed by atoms with Gasteiger partial charge in [-0.05, 0) is 37.7 Å². The maximum absolute atomic E-state index is 12.1. The van der Waals surface area contributed by atoms with Crippen molar-refractivity contribution in [2.24, 2.45) is 5.92 Å². The van der Waals surface area contributed by atoms with Crippen molar-refractivity contribution in [3.8, 4) is 0 Å². The number of amides is 1. The zero-order valence-electron chi connectivity index (χ0n) is 11.5. The molecule has 0 bridgehead atoms. The van der Waals surface area contributed by atoms with E-state index in [4.69, 9.17) is 17.3 Å². The van der Waals surface area contributed by atoms with Crippen molar-refractivity contribution >= 4 is 23.2 Å². The Kier molecular flexibility index (Phi) is 4.50. The lowest BCUT2D eigenvalue weighted by Crippen LogP contribution is -2.45. The first-order valence-corrected chi connectivity index (χ1v) is 7.19. The number of aliphatic hydroxyl groups is 1. The Balaban J connectivity index is 1.97. The summed E-state index contributed by atoms with van der Waals surface area (Å²) in [6.07, 6.45) is 4.77. The molecule has 1 amide bonds. The minimum atomic E-state index is -0.817. The number of nitrogens with one attached hydrogen (secondary N) is 1. The number of pyridine rings is 1. The molecule has 1 heterocycles. The van der Waals surface area contributed by atoms with Crippen molar-refractivity contribution in [1.29, 1.82) is 0 Å². The number of halogens is 1. The zero-order valence-corrected chi connectivity index (χ0v) is 12.3. The largest absolute Gasteiger partial charge is 0.397 e. The van der Waals surface area contributed by atoms with Crippen LogP contribution in [0.25, 0.3) is 0 Å². The second kappa shape index (κ2) is 5.97. The fourth-order valence-electron chi connectivity index (χ4n) is 2.44. The van der Waals surface area contributed by atoms with Crippen LogP contribution in [0.2, 0.25) is 5.15 Å². The summed E-state index contributed by atoms with van der Waals surface area (Å²) < 4.78 is 0. The van der Waals surface area contributed by atoms with E-state index in [1.54, 1.807) is 0 Å². The van der Waals surface area contributed by atoms with Crippen LogP contribution in [-0.2, 0) is 0 Å². The molecular formula is C14H20ClN3O2. The molecule has 2 rings (SSSR count). The minimum absolute atomic E-state index is 0.112. The van der Waals surface area contributed by atoms with Crippen LogP contribution in [0.15, 0.2) is 12.3 Å². The van der Waals surface area contributed by atoms with Gasteiger partial charge >= 0.3 is 0 Å². The monoisotopic (exact) mass is 297 g/mol. The van der Waals surface area contributed by atoms with E-state index in [1.165, 1.54) is 12.3 Å². The van der Waals surface area contributed by atoms with E-state index in [9.17, 15) is 9.90 Å². The average Bonchev–Trinajstić information content (AvgIpc) is 2.43. The van der Waals surface area contributed by atoms with E-state index in [1.807, 2.05) is 0 Å². The molecule has 4 N–H and O–H groups in total. The first-order valence-electron chi connectivity index (χ1n) is 6.81. The number of nitrogen functional groups attached to an aromatic ring is 1. The van der Waals surface area contributed by atoms with Crippen molar-refractivity contribution in [2.45, 2.75) is 38.2 Å². The SMILES string of the molecule is CC1CCC(O)(CNC(=O)c2cc(N)cnc2Cl)CC1. The van der Waals surface area contributed by atoms with Crippen molar-refractivity contribution in [1.82, 2.24) is 10.3 Å². The predicted octanol–water partition coefficient (Wildman–Crippen LogP) is 1.99. The number of aromatic nitrogens is 1. The molecule has 1 aliphatic carbocycles. The number of hydrogen-bond donors (Lipinski definition) is 3. The molecule has 110 valence electrons. The van der Waals surface area contributed by atoms with Crippen molar-refractivity contribution < 1.29 is 9.90 Å². The van der Waals surface area contributed by atoms with Crippen LogP contribution in [0.5, 0.6) is 0 Å². The fourth-order valence-corrected chi connectivity index (χ4v) is 2.63. The van der Waals surface area contributed by atoms with Gasteiger partial charge in [0.1, 0.15) is 5.15 Å². The molecule has 0 atom stereocenters. The number of rotatable bonds is 3.